The second-order valence-corrected chi connectivity index (χ2v) is 3.61. The van der Waals surface area contributed by atoms with Gasteiger partial charge in [-0.15, -0.1) is 5.11 Å². The fraction of sp³-hybridized carbons (Fsp3) is 0.214. The van der Waals surface area contributed by atoms with Crippen molar-refractivity contribution >= 4 is 17.8 Å². The standard InChI is InChI=1S/C14H18N6/c1-5-8-9-12(15-4)14-19-17-13(18-20-14)11(7-3)16-10-6-2/h5-10,13,17H,1-2H2,3-4H3/b9-8-,11-7-,15-12+,16-10-/t13-/m1/s1. The van der Waals surface area contributed by atoms with Crippen molar-refractivity contribution in [1.29, 1.82) is 0 Å². The molecule has 1 aliphatic heterocycles. The number of hydrogen-bond acceptors (Lipinski definition) is 6. The van der Waals surface area contributed by atoms with Gasteiger partial charge in [-0.3, -0.25) is 15.4 Å². The third-order valence-electron chi connectivity index (χ3n) is 2.33. The molecule has 0 aliphatic carbocycles. The molecule has 1 aliphatic rings. The average Bonchev–Trinajstić information content (AvgIpc) is 2.50. The molecule has 1 atom stereocenters. The second kappa shape index (κ2) is 8.47. The number of nitrogens with one attached hydrogen (secondary N) is 1. The van der Waals surface area contributed by atoms with Crippen molar-refractivity contribution in [2.24, 2.45) is 25.3 Å². The van der Waals surface area contributed by atoms with E-state index in [1.807, 2.05) is 13.0 Å². The Hall–Kier alpha value is -2.63. The van der Waals surface area contributed by atoms with Gasteiger partial charge in [0.05, 0.1) is 5.70 Å². The Bertz CT molecular complexity index is 534. The van der Waals surface area contributed by atoms with Gasteiger partial charge in [-0.1, -0.05) is 37.5 Å². The molecule has 6 nitrogen and oxygen atoms in total. The van der Waals surface area contributed by atoms with Crippen LogP contribution in [0.25, 0.3) is 0 Å². The lowest BCUT2D eigenvalue weighted by atomic mass is 10.3. The summed E-state index contributed by atoms with van der Waals surface area (Å²) in [5.41, 5.74) is 4.23. The molecule has 0 fully saturated rings. The van der Waals surface area contributed by atoms with E-state index in [1.165, 1.54) is 0 Å². The van der Waals surface area contributed by atoms with Gasteiger partial charge >= 0.3 is 0 Å². The van der Waals surface area contributed by atoms with E-state index >= 15 is 0 Å². The maximum atomic E-state index is 4.20. The molecule has 6 heteroatoms. The van der Waals surface area contributed by atoms with Gasteiger partial charge in [0.15, 0.2) is 6.17 Å². The van der Waals surface area contributed by atoms with Crippen LogP contribution in [-0.4, -0.2) is 31.0 Å². The molecule has 0 amide bonds. The molecule has 1 rings (SSSR count). The fourth-order valence-electron chi connectivity index (χ4n) is 1.37. The van der Waals surface area contributed by atoms with Crippen molar-refractivity contribution in [2.45, 2.75) is 13.1 Å². The summed E-state index contributed by atoms with van der Waals surface area (Å²) >= 11 is 0. The van der Waals surface area contributed by atoms with Gasteiger partial charge in [-0.05, 0) is 13.0 Å². The van der Waals surface area contributed by atoms with Gasteiger partial charge < -0.3 is 0 Å². The zero-order valence-electron chi connectivity index (χ0n) is 11.7. The Balaban J connectivity index is 2.82. The summed E-state index contributed by atoms with van der Waals surface area (Å²) in [6.07, 6.45) is 9.81. The van der Waals surface area contributed by atoms with Crippen molar-refractivity contribution < 1.29 is 0 Å². The summed E-state index contributed by atoms with van der Waals surface area (Å²) in [6, 6.07) is 0. The highest BCUT2D eigenvalue weighted by molar-refractivity contribution is 6.45. The molecule has 104 valence electrons. The molecule has 20 heavy (non-hydrogen) atoms. The van der Waals surface area contributed by atoms with Crippen molar-refractivity contribution in [3.63, 3.8) is 0 Å². The summed E-state index contributed by atoms with van der Waals surface area (Å²) in [6.45, 7) is 9.05. The topological polar surface area (TPSA) is 73.8 Å². The summed E-state index contributed by atoms with van der Waals surface area (Å²) < 4.78 is 0. The third kappa shape index (κ3) is 4.24. The first-order chi connectivity index (χ1) is 9.76. The van der Waals surface area contributed by atoms with Gasteiger partial charge in [0, 0.05) is 13.3 Å². The predicted octanol–water partition coefficient (Wildman–Crippen LogP) is 2.66. The lowest BCUT2D eigenvalue weighted by molar-refractivity contribution is 0.576. The van der Waals surface area contributed by atoms with Crippen molar-refractivity contribution in [1.82, 2.24) is 5.43 Å². The number of allylic oxidation sites excluding steroid dienone is 4. The van der Waals surface area contributed by atoms with Gasteiger partial charge in [-0.2, -0.15) is 10.2 Å². The lowest BCUT2D eigenvalue weighted by Crippen LogP contribution is -2.30. The molecule has 0 saturated carbocycles. The predicted molar refractivity (Wildman–Crippen MR) is 84.4 cm³/mol. The molecule has 0 bridgehead atoms. The summed E-state index contributed by atoms with van der Waals surface area (Å²) in [4.78, 5) is 8.29. The smallest absolute Gasteiger partial charge is 0.218 e. The van der Waals surface area contributed by atoms with Crippen LogP contribution in [0.3, 0.4) is 0 Å². The first-order valence-corrected chi connectivity index (χ1v) is 6.08. The zero-order valence-corrected chi connectivity index (χ0v) is 11.7. The van der Waals surface area contributed by atoms with E-state index in [4.69, 9.17) is 0 Å². The van der Waals surface area contributed by atoms with Crippen LogP contribution in [0.2, 0.25) is 0 Å². The van der Waals surface area contributed by atoms with Crippen molar-refractivity contribution in [2.75, 3.05) is 7.05 Å². The highest BCUT2D eigenvalue weighted by atomic mass is 15.5. The molecule has 0 radical (unpaired) electrons. The molecule has 1 heterocycles. The van der Waals surface area contributed by atoms with E-state index < -0.39 is 6.17 Å². The molecular weight excluding hydrogens is 252 g/mol. The van der Waals surface area contributed by atoms with Crippen molar-refractivity contribution in [3.8, 4) is 0 Å². The monoisotopic (exact) mass is 270 g/mol. The molecule has 0 aromatic carbocycles. The van der Waals surface area contributed by atoms with Crippen LogP contribution >= 0.6 is 0 Å². The van der Waals surface area contributed by atoms with E-state index in [9.17, 15) is 0 Å². The van der Waals surface area contributed by atoms with Crippen molar-refractivity contribution in [3.05, 3.63) is 49.2 Å². The Morgan fingerprint density at radius 3 is 2.65 bits per heavy atom. The van der Waals surface area contributed by atoms with E-state index in [0.29, 0.717) is 17.2 Å². The Labute approximate surface area is 118 Å². The minimum atomic E-state index is -0.401. The maximum absolute atomic E-state index is 4.20. The molecular formula is C14H18N6. The zero-order chi connectivity index (χ0) is 14.8. The normalized spacial score (nSPS) is 20.1. The van der Waals surface area contributed by atoms with Gasteiger partial charge in [0.1, 0.15) is 5.71 Å². The van der Waals surface area contributed by atoms with Crippen LogP contribution in [0.4, 0.5) is 0 Å². The summed E-state index contributed by atoms with van der Waals surface area (Å²) in [5.74, 6) is 0.421. The lowest BCUT2D eigenvalue weighted by Gasteiger charge is -2.15. The number of hydrazone groups is 1. The van der Waals surface area contributed by atoms with Crippen LogP contribution in [-0.2, 0) is 0 Å². The molecule has 0 aromatic rings. The fourth-order valence-corrected chi connectivity index (χ4v) is 1.37. The summed E-state index contributed by atoms with van der Waals surface area (Å²) in [7, 11) is 1.67. The largest absolute Gasteiger partial charge is 0.285 e. The number of aliphatic imine (C=N–C) groups is 2. The highest BCUT2D eigenvalue weighted by Crippen LogP contribution is 2.10. The Morgan fingerprint density at radius 2 is 2.15 bits per heavy atom. The van der Waals surface area contributed by atoms with Gasteiger partial charge in [0.2, 0.25) is 5.84 Å². The maximum Gasteiger partial charge on any atom is 0.218 e. The number of azo groups is 1. The van der Waals surface area contributed by atoms with Crippen LogP contribution < -0.4 is 5.43 Å². The average molecular weight is 270 g/mol. The van der Waals surface area contributed by atoms with E-state index in [0.717, 1.165) is 0 Å². The van der Waals surface area contributed by atoms with E-state index in [1.54, 1.807) is 37.6 Å². The first-order valence-electron chi connectivity index (χ1n) is 6.08. The quantitative estimate of drug-likeness (QED) is 0.584. The van der Waals surface area contributed by atoms with Crippen LogP contribution in [0, 0.1) is 0 Å². The first kappa shape index (κ1) is 15.4. The third-order valence-corrected chi connectivity index (χ3v) is 2.33. The molecule has 1 N–H and O–H groups in total. The Kier molecular flexibility index (Phi) is 6.53. The van der Waals surface area contributed by atoms with Crippen LogP contribution in [0.5, 0.6) is 0 Å². The molecule has 0 aromatic heterocycles. The van der Waals surface area contributed by atoms with E-state index in [2.05, 4.69) is 43.9 Å². The number of nitrogens with zero attached hydrogens (tertiary/aromatic N) is 5. The minimum Gasteiger partial charge on any atom is -0.285 e. The molecule has 0 unspecified atom stereocenters. The second-order valence-electron chi connectivity index (χ2n) is 3.61. The highest BCUT2D eigenvalue weighted by Gasteiger charge is 2.17. The van der Waals surface area contributed by atoms with Crippen LogP contribution in [0.1, 0.15) is 6.92 Å². The van der Waals surface area contributed by atoms with E-state index in [-0.39, 0.29) is 0 Å². The SMILES string of the molecule is C=C/C=C\C(=N/C)C1=NN[C@@H](C(=C/C)/N=C\C=C)N=N1. The molecule has 0 saturated heterocycles. The number of rotatable bonds is 6. The number of hydrogen-bond donors (Lipinski definition) is 1. The van der Waals surface area contributed by atoms with Crippen LogP contribution in [0.15, 0.2) is 74.5 Å². The minimum absolute atomic E-state index is 0.401. The van der Waals surface area contributed by atoms with Gasteiger partial charge in [-0.25, -0.2) is 0 Å². The molecule has 0 spiro atoms. The number of amidine groups is 1. The Morgan fingerprint density at radius 1 is 1.35 bits per heavy atom. The summed E-state index contributed by atoms with van der Waals surface area (Å²) in [5, 5.41) is 12.4. The van der Waals surface area contributed by atoms with Gasteiger partial charge in [0.25, 0.3) is 0 Å².